The first-order chi connectivity index (χ1) is 7.61. The maximum absolute atomic E-state index is 11.1. The maximum Gasteiger partial charge on any atom is 0.262 e. The summed E-state index contributed by atoms with van der Waals surface area (Å²) in [6.07, 6.45) is -0.934. The van der Waals surface area contributed by atoms with Crippen LogP contribution in [0, 0.1) is 0 Å². The number of aliphatic hydroxyl groups is 1. The fraction of sp³-hybridized carbons (Fsp3) is 0.300. The Balaban J connectivity index is 2.49. The molecule has 0 radical (unpaired) electrons. The van der Waals surface area contributed by atoms with Crippen LogP contribution in [0.4, 0.5) is 5.69 Å². The molecular weight excluding hydrogens is 212 g/mol. The SMILES string of the molecule is NCC(O)c1cc(O)cc2c1OCC(=O)N2. The van der Waals surface area contributed by atoms with Gasteiger partial charge in [0.2, 0.25) is 0 Å². The second-order valence-electron chi connectivity index (χ2n) is 3.50. The summed E-state index contributed by atoms with van der Waals surface area (Å²) in [5.74, 6) is -0.00584. The number of phenolic OH excluding ortho intramolecular Hbond substituents is 1. The lowest BCUT2D eigenvalue weighted by Crippen LogP contribution is -2.27. The van der Waals surface area contributed by atoms with Gasteiger partial charge in [-0.15, -0.1) is 0 Å². The molecule has 1 heterocycles. The zero-order valence-corrected chi connectivity index (χ0v) is 8.43. The van der Waals surface area contributed by atoms with E-state index in [4.69, 9.17) is 10.5 Å². The van der Waals surface area contributed by atoms with Crippen LogP contribution in [-0.2, 0) is 4.79 Å². The van der Waals surface area contributed by atoms with Gasteiger partial charge >= 0.3 is 0 Å². The molecule has 0 aromatic heterocycles. The number of nitrogens with one attached hydrogen (secondary N) is 1. The number of anilines is 1. The summed E-state index contributed by atoms with van der Waals surface area (Å²) >= 11 is 0. The minimum Gasteiger partial charge on any atom is -0.508 e. The number of hydrogen-bond acceptors (Lipinski definition) is 5. The average molecular weight is 224 g/mol. The summed E-state index contributed by atoms with van der Waals surface area (Å²) in [4.78, 5) is 11.1. The van der Waals surface area contributed by atoms with Gasteiger partial charge in [-0.05, 0) is 6.07 Å². The van der Waals surface area contributed by atoms with Crippen LogP contribution in [0.2, 0.25) is 0 Å². The molecule has 0 aliphatic carbocycles. The van der Waals surface area contributed by atoms with Gasteiger partial charge < -0.3 is 26.0 Å². The van der Waals surface area contributed by atoms with Gasteiger partial charge in [0.05, 0.1) is 11.8 Å². The molecule has 5 N–H and O–H groups in total. The fourth-order valence-corrected chi connectivity index (χ4v) is 1.59. The Bertz CT molecular complexity index is 433. The van der Waals surface area contributed by atoms with E-state index in [9.17, 15) is 15.0 Å². The third kappa shape index (κ3) is 1.80. The first kappa shape index (κ1) is 10.7. The molecule has 0 fully saturated rings. The van der Waals surface area contributed by atoms with Gasteiger partial charge in [0.25, 0.3) is 5.91 Å². The van der Waals surface area contributed by atoms with Crippen molar-refractivity contribution in [3.63, 3.8) is 0 Å². The first-order valence-corrected chi connectivity index (χ1v) is 4.79. The number of carbonyl (C=O) groups excluding carboxylic acids is 1. The van der Waals surface area contributed by atoms with E-state index >= 15 is 0 Å². The number of hydrogen-bond donors (Lipinski definition) is 4. The number of aliphatic hydroxyl groups excluding tert-OH is 1. The molecule has 2 rings (SSSR count). The lowest BCUT2D eigenvalue weighted by Gasteiger charge is -2.22. The van der Waals surface area contributed by atoms with E-state index in [1.54, 1.807) is 0 Å². The van der Waals surface area contributed by atoms with Crippen LogP contribution < -0.4 is 15.8 Å². The van der Waals surface area contributed by atoms with E-state index in [0.29, 0.717) is 17.0 Å². The molecule has 0 bridgehead atoms. The van der Waals surface area contributed by atoms with Crippen LogP contribution >= 0.6 is 0 Å². The van der Waals surface area contributed by atoms with Gasteiger partial charge in [0, 0.05) is 18.2 Å². The number of rotatable bonds is 2. The molecule has 1 aromatic carbocycles. The summed E-state index contributed by atoms with van der Waals surface area (Å²) in [7, 11) is 0. The Morgan fingerprint density at radius 1 is 1.56 bits per heavy atom. The van der Waals surface area contributed by atoms with Gasteiger partial charge in [-0.2, -0.15) is 0 Å². The van der Waals surface area contributed by atoms with E-state index in [1.807, 2.05) is 0 Å². The number of ether oxygens (including phenoxy) is 1. The highest BCUT2D eigenvalue weighted by Crippen LogP contribution is 2.38. The van der Waals surface area contributed by atoms with Crippen molar-refractivity contribution in [1.29, 1.82) is 0 Å². The van der Waals surface area contributed by atoms with E-state index < -0.39 is 6.10 Å². The van der Waals surface area contributed by atoms with E-state index in [2.05, 4.69) is 5.32 Å². The summed E-state index contributed by atoms with van der Waals surface area (Å²) < 4.78 is 5.21. The second-order valence-corrected chi connectivity index (χ2v) is 3.50. The third-order valence-electron chi connectivity index (χ3n) is 2.31. The Kier molecular flexibility index (Phi) is 2.67. The lowest BCUT2D eigenvalue weighted by molar-refractivity contribution is -0.118. The quantitative estimate of drug-likeness (QED) is 0.552. The minimum absolute atomic E-state index is 0.00714. The van der Waals surface area contributed by atoms with Crippen LogP contribution in [0.1, 0.15) is 11.7 Å². The summed E-state index contributed by atoms with van der Waals surface area (Å²) in [6, 6.07) is 2.73. The van der Waals surface area contributed by atoms with Crippen LogP contribution in [0.25, 0.3) is 0 Å². The summed E-state index contributed by atoms with van der Waals surface area (Å²) in [5.41, 5.74) is 6.06. The van der Waals surface area contributed by atoms with Crippen LogP contribution in [0.5, 0.6) is 11.5 Å². The Morgan fingerprint density at radius 2 is 2.31 bits per heavy atom. The van der Waals surface area contributed by atoms with E-state index in [0.717, 1.165) is 0 Å². The van der Waals surface area contributed by atoms with Crippen molar-refractivity contribution in [2.24, 2.45) is 5.73 Å². The van der Waals surface area contributed by atoms with Gasteiger partial charge in [-0.25, -0.2) is 0 Å². The Hall–Kier alpha value is -1.79. The number of nitrogens with two attached hydrogens (primary N) is 1. The molecular formula is C10H12N2O4. The van der Waals surface area contributed by atoms with E-state index in [-0.39, 0.29) is 24.8 Å². The lowest BCUT2D eigenvalue weighted by atomic mass is 10.1. The zero-order valence-electron chi connectivity index (χ0n) is 8.43. The molecule has 0 saturated heterocycles. The van der Waals surface area contributed by atoms with Crippen molar-refractivity contribution in [2.75, 3.05) is 18.5 Å². The predicted octanol–water partition coefficient (Wildman–Crippen LogP) is -0.285. The molecule has 1 atom stereocenters. The molecule has 6 nitrogen and oxygen atoms in total. The monoisotopic (exact) mass is 224 g/mol. The number of benzene rings is 1. The van der Waals surface area contributed by atoms with Gasteiger partial charge in [-0.1, -0.05) is 0 Å². The first-order valence-electron chi connectivity index (χ1n) is 4.79. The van der Waals surface area contributed by atoms with Crippen molar-refractivity contribution in [3.05, 3.63) is 17.7 Å². The standard InChI is InChI=1S/C10H12N2O4/c11-3-8(14)6-1-5(13)2-7-10(6)16-4-9(15)12-7/h1-2,8,13-14H,3-4,11H2,(H,12,15). The van der Waals surface area contributed by atoms with Crippen molar-refractivity contribution < 1.29 is 19.7 Å². The molecule has 16 heavy (non-hydrogen) atoms. The number of amides is 1. The van der Waals surface area contributed by atoms with Crippen molar-refractivity contribution in [2.45, 2.75) is 6.10 Å². The van der Waals surface area contributed by atoms with Crippen LogP contribution in [0.15, 0.2) is 12.1 Å². The van der Waals surface area contributed by atoms with Crippen molar-refractivity contribution >= 4 is 11.6 Å². The third-order valence-corrected chi connectivity index (χ3v) is 2.31. The predicted molar refractivity (Wildman–Crippen MR) is 56.2 cm³/mol. The molecule has 1 aliphatic heterocycles. The van der Waals surface area contributed by atoms with Crippen LogP contribution in [0.3, 0.4) is 0 Å². The topological polar surface area (TPSA) is 105 Å². The maximum atomic E-state index is 11.1. The molecule has 6 heteroatoms. The molecule has 0 saturated carbocycles. The number of fused-ring (bicyclic) bond motifs is 1. The largest absolute Gasteiger partial charge is 0.508 e. The molecule has 1 amide bonds. The normalized spacial score (nSPS) is 16.0. The second kappa shape index (κ2) is 3.99. The summed E-state index contributed by atoms with van der Waals surface area (Å²) in [6.45, 7) is -0.102. The molecule has 1 aromatic rings. The fourth-order valence-electron chi connectivity index (χ4n) is 1.59. The molecule has 86 valence electrons. The summed E-state index contributed by atoms with van der Waals surface area (Å²) in [5, 5.41) is 21.6. The van der Waals surface area contributed by atoms with Gasteiger partial charge in [0.1, 0.15) is 11.5 Å². The van der Waals surface area contributed by atoms with Gasteiger partial charge in [-0.3, -0.25) is 4.79 Å². The Morgan fingerprint density at radius 3 is 3.00 bits per heavy atom. The van der Waals surface area contributed by atoms with Gasteiger partial charge in [0.15, 0.2) is 6.61 Å². The molecule has 0 spiro atoms. The Labute approximate surface area is 91.6 Å². The van der Waals surface area contributed by atoms with Crippen molar-refractivity contribution in [1.82, 2.24) is 0 Å². The average Bonchev–Trinajstić information content (AvgIpc) is 2.26. The van der Waals surface area contributed by atoms with Crippen LogP contribution in [-0.4, -0.2) is 29.3 Å². The number of aromatic hydroxyl groups is 1. The van der Waals surface area contributed by atoms with E-state index in [1.165, 1.54) is 12.1 Å². The molecule has 1 unspecified atom stereocenters. The smallest absolute Gasteiger partial charge is 0.262 e. The van der Waals surface area contributed by atoms with Crippen molar-refractivity contribution in [3.8, 4) is 11.5 Å². The zero-order chi connectivity index (χ0) is 11.7. The highest BCUT2D eigenvalue weighted by molar-refractivity contribution is 5.96. The highest BCUT2D eigenvalue weighted by Gasteiger charge is 2.23. The number of phenols is 1. The number of carbonyl (C=O) groups is 1. The highest BCUT2D eigenvalue weighted by atomic mass is 16.5. The molecule has 1 aliphatic rings. The minimum atomic E-state index is -0.934.